The second-order valence-corrected chi connectivity index (χ2v) is 7.72. The summed E-state index contributed by atoms with van der Waals surface area (Å²) in [7, 11) is 0. The van der Waals surface area contributed by atoms with E-state index < -0.39 is 12.1 Å². The molecule has 2 saturated heterocycles. The molecule has 1 N–H and O–H groups in total. The molecule has 4 nitrogen and oxygen atoms in total. The molecule has 2 heterocycles. The van der Waals surface area contributed by atoms with Crippen LogP contribution in [0.25, 0.3) is 0 Å². The maximum absolute atomic E-state index is 12.9. The minimum Gasteiger partial charge on any atom is -0.352 e. The minimum atomic E-state index is -4.17. The monoisotopic (exact) mass is 383 g/mol. The molecule has 7 heteroatoms. The van der Waals surface area contributed by atoms with E-state index in [9.17, 15) is 18.0 Å². The van der Waals surface area contributed by atoms with Crippen LogP contribution in [0.2, 0.25) is 0 Å². The van der Waals surface area contributed by atoms with E-state index in [2.05, 4.69) is 22.3 Å². The summed E-state index contributed by atoms with van der Waals surface area (Å²) in [5.74, 6) is -1.46. The average Bonchev–Trinajstić information content (AvgIpc) is 2.64. The zero-order valence-electron chi connectivity index (χ0n) is 15.5. The second-order valence-electron chi connectivity index (χ2n) is 7.72. The van der Waals surface area contributed by atoms with Gasteiger partial charge < -0.3 is 5.32 Å². The molecule has 150 valence electrons. The van der Waals surface area contributed by atoms with E-state index >= 15 is 0 Å². The molecule has 0 bridgehead atoms. The quantitative estimate of drug-likeness (QED) is 0.849. The summed E-state index contributed by atoms with van der Waals surface area (Å²) in [4.78, 5) is 16.3. The van der Waals surface area contributed by atoms with Crippen molar-refractivity contribution in [1.82, 2.24) is 15.1 Å². The third-order valence-corrected chi connectivity index (χ3v) is 5.54. The lowest BCUT2D eigenvalue weighted by Gasteiger charge is -2.35. The van der Waals surface area contributed by atoms with Crippen molar-refractivity contribution in [3.63, 3.8) is 0 Å². The maximum Gasteiger partial charge on any atom is 0.393 e. The largest absolute Gasteiger partial charge is 0.393 e. The maximum atomic E-state index is 12.9. The number of hydrogen-bond donors (Lipinski definition) is 1. The van der Waals surface area contributed by atoms with Crippen molar-refractivity contribution in [3.05, 3.63) is 35.9 Å². The summed E-state index contributed by atoms with van der Waals surface area (Å²) in [6.07, 6.45) is -1.74. The van der Waals surface area contributed by atoms with Crippen molar-refractivity contribution < 1.29 is 18.0 Å². The van der Waals surface area contributed by atoms with Crippen LogP contribution >= 0.6 is 0 Å². The normalized spacial score (nSPS) is 23.3. The number of likely N-dealkylation sites (tertiary alicyclic amines) is 2. The number of nitrogens with one attached hydrogen (secondary N) is 1. The highest BCUT2D eigenvalue weighted by Gasteiger charge is 2.42. The third-order valence-electron chi connectivity index (χ3n) is 5.54. The van der Waals surface area contributed by atoms with E-state index in [0.717, 1.165) is 32.5 Å². The molecule has 1 aromatic rings. The Balaban J connectivity index is 1.38. The van der Waals surface area contributed by atoms with Crippen LogP contribution in [0.3, 0.4) is 0 Å². The van der Waals surface area contributed by atoms with E-state index in [4.69, 9.17) is 0 Å². The highest BCUT2D eigenvalue weighted by Crippen LogP contribution is 2.32. The first-order chi connectivity index (χ1) is 12.9. The fourth-order valence-electron chi connectivity index (χ4n) is 4.02. The van der Waals surface area contributed by atoms with Crippen LogP contribution < -0.4 is 5.32 Å². The van der Waals surface area contributed by atoms with E-state index in [1.165, 1.54) is 5.56 Å². The van der Waals surface area contributed by atoms with Gasteiger partial charge in [0.25, 0.3) is 0 Å². The molecular weight excluding hydrogens is 355 g/mol. The molecular formula is C20H28F3N3O. The van der Waals surface area contributed by atoms with Crippen LogP contribution in [-0.2, 0) is 11.3 Å². The highest BCUT2D eigenvalue weighted by molar-refractivity contribution is 5.78. The Bertz CT molecular complexity index is 600. The van der Waals surface area contributed by atoms with Gasteiger partial charge in [0.1, 0.15) is 0 Å². The first kappa shape index (κ1) is 20.1. The van der Waals surface area contributed by atoms with Crippen LogP contribution in [0.5, 0.6) is 0 Å². The first-order valence-electron chi connectivity index (χ1n) is 9.75. The number of hydrogen-bond acceptors (Lipinski definition) is 3. The highest BCUT2D eigenvalue weighted by atomic mass is 19.4. The van der Waals surface area contributed by atoms with Gasteiger partial charge in [-0.25, -0.2) is 0 Å². The fourth-order valence-corrected chi connectivity index (χ4v) is 4.02. The Kier molecular flexibility index (Phi) is 6.76. The molecule has 27 heavy (non-hydrogen) atoms. The van der Waals surface area contributed by atoms with Gasteiger partial charge >= 0.3 is 6.18 Å². The number of halogens is 3. The first-order valence-corrected chi connectivity index (χ1v) is 9.75. The molecule has 0 radical (unpaired) electrons. The van der Waals surface area contributed by atoms with E-state index in [1.807, 2.05) is 18.2 Å². The molecule has 0 aliphatic carbocycles. The van der Waals surface area contributed by atoms with Gasteiger partial charge in [-0.2, -0.15) is 13.2 Å². The van der Waals surface area contributed by atoms with Gasteiger partial charge in [-0.1, -0.05) is 30.3 Å². The van der Waals surface area contributed by atoms with Gasteiger partial charge in [-0.3, -0.25) is 14.6 Å². The van der Waals surface area contributed by atoms with Crippen molar-refractivity contribution >= 4 is 5.91 Å². The zero-order valence-corrected chi connectivity index (χ0v) is 15.5. The molecule has 1 aromatic carbocycles. The number of alkyl halides is 3. The van der Waals surface area contributed by atoms with Crippen molar-refractivity contribution in [2.45, 2.75) is 44.4 Å². The Morgan fingerprint density at radius 3 is 2.41 bits per heavy atom. The Morgan fingerprint density at radius 1 is 1.04 bits per heavy atom. The lowest BCUT2D eigenvalue weighted by atomic mass is 9.97. The lowest BCUT2D eigenvalue weighted by molar-refractivity contribution is -0.187. The smallest absolute Gasteiger partial charge is 0.352 e. The number of piperidine rings is 2. The van der Waals surface area contributed by atoms with Gasteiger partial charge in [0.2, 0.25) is 5.91 Å². The summed E-state index contributed by atoms with van der Waals surface area (Å²) in [6, 6.07) is 10.4. The van der Waals surface area contributed by atoms with Gasteiger partial charge in [-0.15, -0.1) is 0 Å². The number of amides is 1. The van der Waals surface area contributed by atoms with Crippen molar-refractivity contribution in [2.24, 2.45) is 5.92 Å². The predicted molar refractivity (Wildman–Crippen MR) is 98.1 cm³/mol. The van der Waals surface area contributed by atoms with Gasteiger partial charge in [0.15, 0.2) is 0 Å². The van der Waals surface area contributed by atoms with Crippen LogP contribution in [0.4, 0.5) is 13.2 Å². The van der Waals surface area contributed by atoms with Crippen molar-refractivity contribution in [3.8, 4) is 0 Å². The van der Waals surface area contributed by atoms with Crippen LogP contribution in [0.15, 0.2) is 30.3 Å². The van der Waals surface area contributed by atoms with Gasteiger partial charge in [-0.05, 0) is 37.8 Å². The summed E-state index contributed by atoms with van der Waals surface area (Å²) in [5.41, 5.74) is 1.28. The summed E-state index contributed by atoms with van der Waals surface area (Å²) < 4.78 is 38.7. The molecule has 3 rings (SSSR count). The third kappa shape index (κ3) is 6.21. The number of carbonyl (C=O) groups is 1. The Hall–Kier alpha value is -1.60. The minimum absolute atomic E-state index is 0.0631. The molecule has 0 aromatic heterocycles. The second kappa shape index (κ2) is 9.06. The molecule has 2 aliphatic heterocycles. The topological polar surface area (TPSA) is 35.6 Å². The average molecular weight is 383 g/mol. The number of benzene rings is 1. The molecule has 2 aliphatic rings. The summed E-state index contributed by atoms with van der Waals surface area (Å²) in [5, 5.41) is 3.02. The molecule has 0 spiro atoms. The zero-order chi connectivity index (χ0) is 19.3. The summed E-state index contributed by atoms with van der Waals surface area (Å²) >= 11 is 0. The standard InChI is InChI=1S/C20H28F3N3O/c21-20(22,23)17-7-4-10-26(14-17)15-19(27)24-18-8-11-25(12-9-18)13-16-5-2-1-3-6-16/h1-3,5-6,17-18H,4,7-15H2,(H,24,27)/t17-/m1/s1. The van der Waals surface area contributed by atoms with Crippen LogP contribution in [-0.4, -0.2) is 60.6 Å². The molecule has 2 fully saturated rings. The molecule has 0 unspecified atom stereocenters. The van der Waals surface area contributed by atoms with Crippen LogP contribution in [0, 0.1) is 5.92 Å². The molecule has 1 atom stereocenters. The number of rotatable bonds is 5. The number of nitrogens with zero attached hydrogens (tertiary/aromatic N) is 2. The molecule has 0 saturated carbocycles. The SMILES string of the molecule is O=C(CN1CCC[C@@H](C(F)(F)F)C1)NC1CCN(Cc2ccccc2)CC1. The fraction of sp³-hybridized carbons (Fsp3) is 0.650. The van der Waals surface area contributed by atoms with Crippen molar-refractivity contribution in [1.29, 1.82) is 0 Å². The number of carbonyl (C=O) groups excluding carboxylic acids is 1. The predicted octanol–water partition coefficient (Wildman–Crippen LogP) is 3.04. The molecule has 1 amide bonds. The van der Waals surface area contributed by atoms with Crippen molar-refractivity contribution in [2.75, 3.05) is 32.7 Å². The Morgan fingerprint density at radius 2 is 1.74 bits per heavy atom. The lowest BCUT2D eigenvalue weighted by Crippen LogP contribution is -2.49. The van der Waals surface area contributed by atoms with Gasteiger partial charge in [0.05, 0.1) is 12.5 Å². The van der Waals surface area contributed by atoms with E-state index in [-0.39, 0.29) is 31.5 Å². The Labute approximate surface area is 158 Å². The van der Waals surface area contributed by atoms with E-state index in [0.29, 0.717) is 13.0 Å². The van der Waals surface area contributed by atoms with Crippen LogP contribution in [0.1, 0.15) is 31.2 Å². The summed E-state index contributed by atoms with van der Waals surface area (Å²) in [6.45, 7) is 3.31. The van der Waals surface area contributed by atoms with E-state index in [1.54, 1.807) is 4.90 Å². The van der Waals surface area contributed by atoms with Gasteiger partial charge in [0, 0.05) is 32.2 Å².